The molecule has 1 aromatic carbocycles. The Bertz CT molecular complexity index is 507. The van der Waals surface area contributed by atoms with E-state index in [9.17, 15) is 0 Å². The lowest BCUT2D eigenvalue weighted by atomic mass is 9.93. The Morgan fingerprint density at radius 1 is 1.15 bits per heavy atom. The molecule has 0 fully saturated rings. The average molecular weight is 352 g/mol. The molecule has 0 aliphatic rings. The highest BCUT2D eigenvalue weighted by atomic mass is 79.9. The molecule has 0 aliphatic carbocycles. The van der Waals surface area contributed by atoms with E-state index in [1.807, 2.05) is 11.3 Å². The summed E-state index contributed by atoms with van der Waals surface area (Å²) in [6.45, 7) is 5.44. The monoisotopic (exact) mass is 351 g/mol. The minimum absolute atomic E-state index is 0.529. The van der Waals surface area contributed by atoms with E-state index in [0.29, 0.717) is 12.0 Å². The van der Waals surface area contributed by atoms with Crippen molar-refractivity contribution in [3.05, 3.63) is 56.7 Å². The third-order valence-corrected chi connectivity index (χ3v) is 5.10. The topological polar surface area (TPSA) is 12.0 Å². The molecule has 3 heteroatoms. The van der Waals surface area contributed by atoms with E-state index in [2.05, 4.69) is 76.9 Å². The maximum absolute atomic E-state index is 3.70. The van der Waals surface area contributed by atoms with Gasteiger partial charge in [0.05, 0.1) is 0 Å². The fraction of sp³-hybridized carbons (Fsp3) is 0.412. The number of hydrogen-bond donors (Lipinski definition) is 1. The fourth-order valence-corrected chi connectivity index (χ4v) is 3.66. The second-order valence-corrected chi connectivity index (χ2v) is 7.29. The molecule has 1 atom stereocenters. The van der Waals surface area contributed by atoms with Gasteiger partial charge in [0.2, 0.25) is 0 Å². The Balaban J connectivity index is 2.05. The fourth-order valence-electron chi connectivity index (χ4n) is 2.32. The largest absolute Gasteiger partial charge is 0.314 e. The summed E-state index contributed by atoms with van der Waals surface area (Å²) in [6.07, 6.45) is 2.34. The normalized spacial score (nSPS) is 12.8. The zero-order chi connectivity index (χ0) is 14.4. The number of benzene rings is 1. The lowest BCUT2D eigenvalue weighted by Crippen LogP contribution is -2.28. The van der Waals surface area contributed by atoms with Crippen LogP contribution in [0.5, 0.6) is 0 Å². The molecule has 20 heavy (non-hydrogen) atoms. The molecule has 0 radical (unpaired) electrons. The summed E-state index contributed by atoms with van der Waals surface area (Å²) in [5, 5.41) is 5.75. The van der Waals surface area contributed by atoms with Crippen LogP contribution in [0.15, 0.2) is 46.3 Å². The first-order chi connectivity index (χ1) is 9.66. The van der Waals surface area contributed by atoms with E-state index in [1.165, 1.54) is 21.3 Å². The van der Waals surface area contributed by atoms with E-state index in [0.717, 1.165) is 13.0 Å². The van der Waals surface area contributed by atoms with Crippen molar-refractivity contribution in [1.82, 2.24) is 5.32 Å². The number of hydrogen-bond acceptors (Lipinski definition) is 2. The first-order valence-corrected chi connectivity index (χ1v) is 8.84. The van der Waals surface area contributed by atoms with Gasteiger partial charge >= 0.3 is 0 Å². The van der Waals surface area contributed by atoms with Crippen molar-refractivity contribution < 1.29 is 0 Å². The van der Waals surface area contributed by atoms with Crippen LogP contribution in [0.4, 0.5) is 0 Å². The summed E-state index contributed by atoms with van der Waals surface area (Å²) < 4.78 is 1.22. The summed E-state index contributed by atoms with van der Waals surface area (Å²) in [5.41, 5.74) is 1.41. The minimum Gasteiger partial charge on any atom is -0.314 e. The SMILES string of the molecule is CC(C)NCC(CCc1cccs1)c1ccccc1Br. The van der Waals surface area contributed by atoms with Crippen molar-refractivity contribution in [1.29, 1.82) is 0 Å². The van der Waals surface area contributed by atoms with Crippen molar-refractivity contribution in [2.75, 3.05) is 6.54 Å². The number of rotatable bonds is 7. The zero-order valence-corrected chi connectivity index (χ0v) is 14.5. The lowest BCUT2D eigenvalue weighted by molar-refractivity contribution is 0.508. The Morgan fingerprint density at radius 3 is 2.60 bits per heavy atom. The summed E-state index contributed by atoms with van der Waals surface area (Å²) in [7, 11) is 0. The number of thiophene rings is 1. The van der Waals surface area contributed by atoms with Gasteiger partial charge in [0.25, 0.3) is 0 Å². The van der Waals surface area contributed by atoms with Gasteiger partial charge in [-0.1, -0.05) is 54.0 Å². The van der Waals surface area contributed by atoms with Crippen molar-refractivity contribution in [3.63, 3.8) is 0 Å². The molecule has 0 spiro atoms. The number of halogens is 1. The lowest BCUT2D eigenvalue weighted by Gasteiger charge is -2.20. The third kappa shape index (κ3) is 4.72. The number of aryl methyl sites for hydroxylation is 1. The van der Waals surface area contributed by atoms with Gasteiger partial charge in [0.1, 0.15) is 0 Å². The molecule has 0 bridgehead atoms. The first kappa shape index (κ1) is 15.7. The Hall–Kier alpha value is -0.640. The third-order valence-electron chi connectivity index (χ3n) is 3.44. The van der Waals surface area contributed by atoms with Crippen molar-refractivity contribution >= 4 is 27.3 Å². The van der Waals surface area contributed by atoms with Gasteiger partial charge in [-0.3, -0.25) is 0 Å². The molecular formula is C17H22BrNS. The highest BCUT2D eigenvalue weighted by Gasteiger charge is 2.15. The van der Waals surface area contributed by atoms with Gasteiger partial charge in [-0.2, -0.15) is 0 Å². The van der Waals surface area contributed by atoms with Crippen LogP contribution in [0.3, 0.4) is 0 Å². The average Bonchev–Trinajstić information content (AvgIpc) is 2.93. The Kier molecular flexibility index (Phi) is 6.27. The van der Waals surface area contributed by atoms with Gasteiger partial charge < -0.3 is 5.32 Å². The molecule has 1 unspecified atom stereocenters. The van der Waals surface area contributed by atoms with Crippen molar-refractivity contribution in [3.8, 4) is 0 Å². The second kappa shape index (κ2) is 7.96. The molecule has 1 aromatic heterocycles. The molecule has 1 nitrogen and oxygen atoms in total. The smallest absolute Gasteiger partial charge is 0.0210 e. The van der Waals surface area contributed by atoms with E-state index in [1.54, 1.807) is 0 Å². The highest BCUT2D eigenvalue weighted by Crippen LogP contribution is 2.28. The second-order valence-electron chi connectivity index (χ2n) is 5.40. The van der Waals surface area contributed by atoms with Gasteiger partial charge in [-0.15, -0.1) is 11.3 Å². The van der Waals surface area contributed by atoms with Crippen LogP contribution in [-0.4, -0.2) is 12.6 Å². The van der Waals surface area contributed by atoms with Gasteiger partial charge in [-0.25, -0.2) is 0 Å². The molecule has 0 saturated carbocycles. The number of nitrogens with one attached hydrogen (secondary N) is 1. The molecule has 0 aliphatic heterocycles. The van der Waals surface area contributed by atoms with E-state index >= 15 is 0 Å². The quantitative estimate of drug-likeness (QED) is 0.720. The molecule has 2 aromatic rings. The van der Waals surface area contributed by atoms with Crippen LogP contribution < -0.4 is 5.32 Å². The molecule has 0 saturated heterocycles. The summed E-state index contributed by atoms with van der Waals surface area (Å²) in [6, 6.07) is 13.5. The molecule has 1 heterocycles. The van der Waals surface area contributed by atoms with Crippen molar-refractivity contribution in [2.45, 2.75) is 38.6 Å². The molecule has 0 amide bonds. The van der Waals surface area contributed by atoms with Crippen LogP contribution >= 0.6 is 27.3 Å². The summed E-state index contributed by atoms with van der Waals surface area (Å²) >= 11 is 5.55. The molecular weight excluding hydrogens is 330 g/mol. The first-order valence-electron chi connectivity index (χ1n) is 7.17. The van der Waals surface area contributed by atoms with Gasteiger partial charge in [-0.05, 0) is 41.8 Å². The van der Waals surface area contributed by atoms with E-state index in [4.69, 9.17) is 0 Å². The van der Waals surface area contributed by atoms with Crippen LogP contribution in [0, 0.1) is 0 Å². The predicted molar refractivity (Wildman–Crippen MR) is 92.7 cm³/mol. The van der Waals surface area contributed by atoms with Crippen LogP contribution in [0.1, 0.15) is 36.6 Å². The summed E-state index contributed by atoms with van der Waals surface area (Å²) in [5.74, 6) is 0.551. The maximum Gasteiger partial charge on any atom is 0.0210 e. The van der Waals surface area contributed by atoms with Crippen LogP contribution in [0.2, 0.25) is 0 Å². The van der Waals surface area contributed by atoms with Crippen LogP contribution in [0.25, 0.3) is 0 Å². The van der Waals surface area contributed by atoms with Gasteiger partial charge in [0, 0.05) is 21.9 Å². The molecule has 1 N–H and O–H groups in total. The molecule has 2 rings (SSSR count). The zero-order valence-electron chi connectivity index (χ0n) is 12.1. The Morgan fingerprint density at radius 2 is 1.95 bits per heavy atom. The van der Waals surface area contributed by atoms with Gasteiger partial charge in [0.15, 0.2) is 0 Å². The maximum atomic E-state index is 3.70. The Labute approximate surface area is 134 Å². The molecule has 108 valence electrons. The summed E-state index contributed by atoms with van der Waals surface area (Å²) in [4.78, 5) is 1.48. The van der Waals surface area contributed by atoms with E-state index < -0.39 is 0 Å². The van der Waals surface area contributed by atoms with Crippen LogP contribution in [-0.2, 0) is 6.42 Å². The van der Waals surface area contributed by atoms with E-state index in [-0.39, 0.29) is 0 Å². The van der Waals surface area contributed by atoms with Crippen molar-refractivity contribution in [2.24, 2.45) is 0 Å². The highest BCUT2D eigenvalue weighted by molar-refractivity contribution is 9.10. The predicted octanol–water partition coefficient (Wildman–Crippen LogP) is 5.23. The standard InChI is InChI=1S/C17H22BrNS/c1-13(2)19-12-14(9-10-15-6-5-11-20-15)16-7-3-4-8-17(16)18/h3-8,11,13-14,19H,9-10,12H2,1-2H3. The minimum atomic E-state index is 0.529.